The highest BCUT2D eigenvalue weighted by Crippen LogP contribution is 2.18. The standard InChI is InChI=1S/C19H33N3O3S/c1-6-20-19(21-12-7-13-26(5,23)24)22-16(4)17-8-10-18(11-9-17)25-14-15(2)3/h8-11,15-16H,6-7,12-14H2,1-5H3,(H2,20,21,22). The number of nitrogens with zero attached hydrogens (tertiary/aromatic N) is 1. The topological polar surface area (TPSA) is 79.8 Å². The van der Waals surface area contributed by atoms with Crippen LogP contribution in [0.5, 0.6) is 5.75 Å². The van der Waals surface area contributed by atoms with Crippen molar-refractivity contribution in [3.05, 3.63) is 29.8 Å². The molecule has 148 valence electrons. The van der Waals surface area contributed by atoms with E-state index < -0.39 is 9.84 Å². The number of nitrogens with one attached hydrogen (secondary N) is 2. The SMILES string of the molecule is CCNC(=NCCCS(C)(=O)=O)NC(C)c1ccc(OCC(C)C)cc1. The van der Waals surface area contributed by atoms with Gasteiger partial charge in [0.05, 0.1) is 18.4 Å². The van der Waals surface area contributed by atoms with Crippen LogP contribution in [-0.2, 0) is 9.84 Å². The van der Waals surface area contributed by atoms with E-state index >= 15 is 0 Å². The molecule has 1 aromatic rings. The number of rotatable bonds is 10. The molecule has 0 amide bonds. The van der Waals surface area contributed by atoms with E-state index in [-0.39, 0.29) is 11.8 Å². The van der Waals surface area contributed by atoms with Crippen molar-refractivity contribution in [2.45, 2.75) is 40.2 Å². The van der Waals surface area contributed by atoms with Gasteiger partial charge in [-0.1, -0.05) is 26.0 Å². The van der Waals surface area contributed by atoms with Crippen LogP contribution < -0.4 is 15.4 Å². The van der Waals surface area contributed by atoms with Gasteiger partial charge >= 0.3 is 0 Å². The van der Waals surface area contributed by atoms with E-state index in [9.17, 15) is 8.42 Å². The van der Waals surface area contributed by atoms with Gasteiger partial charge in [0.25, 0.3) is 0 Å². The van der Waals surface area contributed by atoms with Gasteiger partial charge in [0.1, 0.15) is 15.6 Å². The summed E-state index contributed by atoms with van der Waals surface area (Å²) in [4.78, 5) is 4.45. The Hall–Kier alpha value is -1.76. The normalized spacial score (nSPS) is 13.5. The van der Waals surface area contributed by atoms with Crippen LogP contribution in [0, 0.1) is 5.92 Å². The summed E-state index contributed by atoms with van der Waals surface area (Å²) in [5, 5.41) is 6.54. The summed E-state index contributed by atoms with van der Waals surface area (Å²) in [6.45, 7) is 10.2. The van der Waals surface area contributed by atoms with Crippen LogP contribution in [0.4, 0.5) is 0 Å². The zero-order chi connectivity index (χ0) is 19.6. The molecule has 2 N–H and O–H groups in total. The highest BCUT2D eigenvalue weighted by molar-refractivity contribution is 7.90. The maximum atomic E-state index is 11.2. The molecule has 1 rings (SSSR count). The smallest absolute Gasteiger partial charge is 0.191 e. The molecule has 6 nitrogen and oxygen atoms in total. The minimum atomic E-state index is -2.94. The molecule has 0 aromatic heterocycles. The molecular weight excluding hydrogens is 350 g/mol. The van der Waals surface area contributed by atoms with Crippen molar-refractivity contribution in [1.29, 1.82) is 0 Å². The summed E-state index contributed by atoms with van der Waals surface area (Å²) in [5.74, 6) is 2.21. The van der Waals surface area contributed by atoms with E-state index in [2.05, 4.69) is 36.4 Å². The van der Waals surface area contributed by atoms with Crippen LogP contribution in [0.15, 0.2) is 29.3 Å². The van der Waals surface area contributed by atoms with Crippen molar-refractivity contribution in [3.8, 4) is 5.75 Å². The van der Waals surface area contributed by atoms with Gasteiger partial charge in [0.15, 0.2) is 5.96 Å². The summed E-state index contributed by atoms with van der Waals surface area (Å²) >= 11 is 0. The monoisotopic (exact) mass is 383 g/mol. The summed E-state index contributed by atoms with van der Waals surface area (Å²) in [6, 6.07) is 8.11. The molecule has 7 heteroatoms. The molecule has 0 aliphatic rings. The van der Waals surface area contributed by atoms with E-state index in [4.69, 9.17) is 4.74 Å². The van der Waals surface area contributed by atoms with Crippen molar-refractivity contribution < 1.29 is 13.2 Å². The first-order valence-corrected chi connectivity index (χ1v) is 11.2. The van der Waals surface area contributed by atoms with Crippen LogP contribution in [0.3, 0.4) is 0 Å². The third-order valence-electron chi connectivity index (χ3n) is 3.60. The average Bonchev–Trinajstić information content (AvgIpc) is 2.56. The van der Waals surface area contributed by atoms with Gasteiger partial charge in [-0.05, 0) is 43.9 Å². The zero-order valence-electron chi connectivity index (χ0n) is 16.6. The van der Waals surface area contributed by atoms with E-state index in [1.807, 2.05) is 31.2 Å². The zero-order valence-corrected chi connectivity index (χ0v) is 17.4. The summed E-state index contributed by atoms with van der Waals surface area (Å²) in [6.07, 6.45) is 1.77. The number of benzene rings is 1. The molecule has 0 saturated carbocycles. The summed E-state index contributed by atoms with van der Waals surface area (Å²) in [5.41, 5.74) is 1.13. The molecule has 0 bridgehead atoms. The van der Waals surface area contributed by atoms with Crippen molar-refractivity contribution in [1.82, 2.24) is 10.6 Å². The maximum Gasteiger partial charge on any atom is 0.191 e. The second-order valence-electron chi connectivity index (χ2n) is 6.88. The van der Waals surface area contributed by atoms with Crippen LogP contribution in [0.2, 0.25) is 0 Å². The number of sulfone groups is 1. The first kappa shape index (κ1) is 22.3. The van der Waals surface area contributed by atoms with Gasteiger partial charge in [0, 0.05) is 19.3 Å². The molecule has 0 aliphatic carbocycles. The second kappa shape index (κ2) is 11.1. The Balaban J connectivity index is 2.61. The minimum Gasteiger partial charge on any atom is -0.493 e. The predicted octanol–water partition coefficient (Wildman–Crippen LogP) is 2.77. The Morgan fingerprint density at radius 2 is 1.85 bits per heavy atom. The highest BCUT2D eigenvalue weighted by atomic mass is 32.2. The molecule has 0 saturated heterocycles. The van der Waals surface area contributed by atoms with Gasteiger partial charge in [-0.2, -0.15) is 0 Å². The van der Waals surface area contributed by atoms with Gasteiger partial charge < -0.3 is 15.4 Å². The Morgan fingerprint density at radius 3 is 2.38 bits per heavy atom. The lowest BCUT2D eigenvalue weighted by atomic mass is 10.1. The van der Waals surface area contributed by atoms with Gasteiger partial charge in [-0.25, -0.2) is 8.42 Å². The first-order chi connectivity index (χ1) is 12.2. The van der Waals surface area contributed by atoms with E-state index in [1.165, 1.54) is 6.26 Å². The minimum absolute atomic E-state index is 0.0712. The lowest BCUT2D eigenvalue weighted by Crippen LogP contribution is -2.38. The fourth-order valence-electron chi connectivity index (χ4n) is 2.24. The number of guanidine groups is 1. The van der Waals surface area contributed by atoms with E-state index in [0.717, 1.165) is 17.9 Å². The number of hydrogen-bond acceptors (Lipinski definition) is 4. The van der Waals surface area contributed by atoms with Gasteiger partial charge in [-0.3, -0.25) is 4.99 Å². The van der Waals surface area contributed by atoms with Crippen LogP contribution in [-0.4, -0.2) is 46.1 Å². The maximum absolute atomic E-state index is 11.2. The Kier molecular flexibility index (Phi) is 9.48. The molecule has 0 fully saturated rings. The van der Waals surface area contributed by atoms with Crippen LogP contribution in [0.1, 0.15) is 45.7 Å². The lowest BCUT2D eigenvalue weighted by molar-refractivity contribution is 0.271. The second-order valence-corrected chi connectivity index (χ2v) is 9.14. The van der Waals surface area contributed by atoms with Gasteiger partial charge in [0.2, 0.25) is 0 Å². The van der Waals surface area contributed by atoms with Crippen LogP contribution >= 0.6 is 0 Å². The summed E-state index contributed by atoms with van der Waals surface area (Å²) < 4.78 is 28.1. The van der Waals surface area contributed by atoms with E-state index in [1.54, 1.807) is 0 Å². The Morgan fingerprint density at radius 1 is 1.19 bits per heavy atom. The lowest BCUT2D eigenvalue weighted by Gasteiger charge is -2.18. The first-order valence-electron chi connectivity index (χ1n) is 9.16. The average molecular weight is 384 g/mol. The predicted molar refractivity (Wildman–Crippen MR) is 109 cm³/mol. The molecule has 1 atom stereocenters. The van der Waals surface area contributed by atoms with Crippen molar-refractivity contribution in [2.24, 2.45) is 10.9 Å². The molecule has 0 aliphatic heterocycles. The van der Waals surface area contributed by atoms with Crippen molar-refractivity contribution in [2.75, 3.05) is 31.7 Å². The van der Waals surface area contributed by atoms with Gasteiger partial charge in [-0.15, -0.1) is 0 Å². The molecule has 1 unspecified atom stereocenters. The molecule has 26 heavy (non-hydrogen) atoms. The molecular formula is C19H33N3O3S. The quantitative estimate of drug-likeness (QED) is 0.369. The van der Waals surface area contributed by atoms with Crippen molar-refractivity contribution in [3.63, 3.8) is 0 Å². The molecule has 0 spiro atoms. The number of ether oxygens (including phenoxy) is 1. The molecule has 0 radical (unpaired) electrons. The third kappa shape index (κ3) is 9.65. The largest absolute Gasteiger partial charge is 0.493 e. The molecule has 0 heterocycles. The fourth-order valence-corrected chi connectivity index (χ4v) is 2.90. The Bertz CT molecular complexity index is 655. The fraction of sp³-hybridized carbons (Fsp3) is 0.632. The van der Waals surface area contributed by atoms with E-state index in [0.29, 0.717) is 31.4 Å². The summed E-state index contributed by atoms with van der Waals surface area (Å²) in [7, 11) is -2.94. The highest BCUT2D eigenvalue weighted by Gasteiger charge is 2.08. The third-order valence-corrected chi connectivity index (χ3v) is 4.63. The molecule has 1 aromatic carbocycles. The van der Waals surface area contributed by atoms with Crippen LogP contribution in [0.25, 0.3) is 0 Å². The number of aliphatic imine (C=N–C) groups is 1. The van der Waals surface area contributed by atoms with Crippen molar-refractivity contribution >= 4 is 15.8 Å². The number of hydrogen-bond donors (Lipinski definition) is 2. The Labute approximate surface area is 158 Å².